The first-order chi connectivity index (χ1) is 14.1. The van der Waals surface area contributed by atoms with E-state index in [-0.39, 0.29) is 23.0 Å². The maximum Gasteiger partial charge on any atom is 0.227 e. The van der Waals surface area contributed by atoms with Gasteiger partial charge in [0.25, 0.3) is 0 Å². The summed E-state index contributed by atoms with van der Waals surface area (Å²) in [5.41, 5.74) is 2.53. The van der Waals surface area contributed by atoms with Crippen molar-refractivity contribution in [2.24, 2.45) is 11.8 Å². The van der Waals surface area contributed by atoms with Crippen molar-refractivity contribution < 1.29 is 13.9 Å². The Kier molecular flexibility index (Phi) is 6.00. The maximum atomic E-state index is 12.4. The standard InChI is InChI=1S/C23H28N2O4/c1-24-23(27)17-8-6-16(7-9-17)14-29-22-15-28-20(10-21(22)26)13-25-11-18-4-2-3-5-19(18)12-25/h2-5,10,15-17H,6-9,11-14H2,1H3,(H,24,27). The Hall–Kier alpha value is -2.60. The normalized spacial score (nSPS) is 21.6. The lowest BCUT2D eigenvalue weighted by atomic mass is 9.82. The molecule has 1 aliphatic heterocycles. The fourth-order valence-electron chi connectivity index (χ4n) is 4.37. The van der Waals surface area contributed by atoms with Gasteiger partial charge in [-0.15, -0.1) is 0 Å². The molecule has 1 aromatic carbocycles. The number of benzene rings is 1. The molecule has 0 unspecified atom stereocenters. The largest absolute Gasteiger partial charge is 0.486 e. The van der Waals surface area contributed by atoms with E-state index in [1.54, 1.807) is 13.1 Å². The van der Waals surface area contributed by atoms with Gasteiger partial charge in [0, 0.05) is 32.1 Å². The van der Waals surface area contributed by atoms with E-state index in [0.29, 0.717) is 24.8 Å². The van der Waals surface area contributed by atoms with Crippen LogP contribution in [-0.4, -0.2) is 24.5 Å². The number of rotatable bonds is 6. The molecular weight excluding hydrogens is 368 g/mol. The monoisotopic (exact) mass is 396 g/mol. The van der Waals surface area contributed by atoms with Crippen LogP contribution in [0.3, 0.4) is 0 Å². The number of fused-ring (bicyclic) bond motifs is 1. The van der Waals surface area contributed by atoms with Gasteiger partial charge < -0.3 is 14.5 Å². The lowest BCUT2D eigenvalue weighted by Crippen LogP contribution is -2.31. The van der Waals surface area contributed by atoms with Crippen LogP contribution in [-0.2, 0) is 24.4 Å². The third-order valence-corrected chi connectivity index (χ3v) is 6.08. The number of amides is 1. The summed E-state index contributed by atoms with van der Waals surface area (Å²) in [6.07, 6.45) is 5.07. The van der Waals surface area contributed by atoms with Gasteiger partial charge in [0.1, 0.15) is 12.0 Å². The predicted octanol–water partition coefficient (Wildman–Crippen LogP) is 3.09. The Labute approximate surface area is 170 Å². The fraction of sp³-hybridized carbons (Fsp3) is 0.478. The van der Waals surface area contributed by atoms with Crippen LogP contribution in [0, 0.1) is 11.8 Å². The summed E-state index contributed by atoms with van der Waals surface area (Å²) < 4.78 is 11.4. The Balaban J connectivity index is 1.27. The van der Waals surface area contributed by atoms with Crippen LogP contribution in [0.4, 0.5) is 0 Å². The van der Waals surface area contributed by atoms with E-state index in [4.69, 9.17) is 9.15 Å². The molecule has 1 aromatic heterocycles. The lowest BCUT2D eigenvalue weighted by Gasteiger charge is -2.27. The average Bonchev–Trinajstić information content (AvgIpc) is 3.15. The molecule has 0 bridgehead atoms. The molecule has 29 heavy (non-hydrogen) atoms. The Morgan fingerprint density at radius 2 is 1.86 bits per heavy atom. The third-order valence-electron chi connectivity index (χ3n) is 6.08. The first-order valence-electron chi connectivity index (χ1n) is 10.4. The van der Waals surface area contributed by atoms with E-state index in [2.05, 4.69) is 34.5 Å². The SMILES string of the molecule is CNC(=O)C1CCC(COc2coc(CN3Cc4ccccc4C3)cc2=O)CC1. The van der Waals surface area contributed by atoms with E-state index < -0.39 is 0 Å². The summed E-state index contributed by atoms with van der Waals surface area (Å²) in [4.78, 5) is 26.4. The molecule has 154 valence electrons. The number of nitrogens with zero attached hydrogens (tertiary/aromatic N) is 1. The molecule has 0 saturated heterocycles. The van der Waals surface area contributed by atoms with Crippen LogP contribution in [0.1, 0.15) is 42.6 Å². The van der Waals surface area contributed by atoms with E-state index in [1.165, 1.54) is 17.4 Å². The Morgan fingerprint density at radius 3 is 2.48 bits per heavy atom. The molecule has 6 nitrogen and oxygen atoms in total. The van der Waals surface area contributed by atoms with Crippen molar-refractivity contribution in [1.82, 2.24) is 10.2 Å². The topological polar surface area (TPSA) is 71.8 Å². The number of nitrogens with one attached hydrogen (secondary N) is 1. The van der Waals surface area contributed by atoms with Crippen molar-refractivity contribution in [3.8, 4) is 5.75 Å². The molecule has 1 aliphatic carbocycles. The van der Waals surface area contributed by atoms with Gasteiger partial charge in [0.15, 0.2) is 0 Å². The van der Waals surface area contributed by atoms with Crippen molar-refractivity contribution >= 4 is 5.91 Å². The second kappa shape index (κ2) is 8.82. The summed E-state index contributed by atoms with van der Waals surface area (Å²) in [5.74, 6) is 1.53. The zero-order valence-electron chi connectivity index (χ0n) is 16.9. The second-order valence-electron chi connectivity index (χ2n) is 8.13. The minimum Gasteiger partial charge on any atom is -0.486 e. The first-order valence-corrected chi connectivity index (χ1v) is 10.4. The highest BCUT2D eigenvalue weighted by Crippen LogP contribution is 2.29. The molecule has 6 heteroatoms. The van der Waals surface area contributed by atoms with Gasteiger partial charge in [-0.3, -0.25) is 14.5 Å². The molecule has 1 saturated carbocycles. The van der Waals surface area contributed by atoms with Crippen LogP contribution in [0.25, 0.3) is 0 Å². The number of carbonyl (C=O) groups excluding carboxylic acids is 1. The highest BCUT2D eigenvalue weighted by atomic mass is 16.5. The smallest absolute Gasteiger partial charge is 0.227 e. The number of carbonyl (C=O) groups is 1. The van der Waals surface area contributed by atoms with Crippen molar-refractivity contribution in [2.45, 2.75) is 45.3 Å². The van der Waals surface area contributed by atoms with Gasteiger partial charge in [0.2, 0.25) is 17.1 Å². The van der Waals surface area contributed by atoms with E-state index in [0.717, 1.165) is 38.8 Å². The van der Waals surface area contributed by atoms with Gasteiger partial charge in [-0.1, -0.05) is 24.3 Å². The van der Waals surface area contributed by atoms with Gasteiger partial charge in [-0.25, -0.2) is 0 Å². The number of ether oxygens (including phenoxy) is 1. The van der Waals surface area contributed by atoms with Crippen molar-refractivity contribution in [3.05, 3.63) is 63.7 Å². The first kappa shape index (κ1) is 19.7. The van der Waals surface area contributed by atoms with E-state index >= 15 is 0 Å². The molecule has 0 atom stereocenters. The lowest BCUT2D eigenvalue weighted by molar-refractivity contribution is -0.125. The maximum absolute atomic E-state index is 12.4. The molecule has 2 aliphatic rings. The van der Waals surface area contributed by atoms with E-state index in [1.807, 2.05) is 0 Å². The van der Waals surface area contributed by atoms with Gasteiger partial charge in [-0.05, 0) is 42.7 Å². The summed E-state index contributed by atoms with van der Waals surface area (Å²) in [6, 6.07) is 9.94. The highest BCUT2D eigenvalue weighted by Gasteiger charge is 2.26. The molecule has 0 spiro atoms. The molecule has 2 heterocycles. The zero-order chi connectivity index (χ0) is 20.2. The van der Waals surface area contributed by atoms with Crippen LogP contribution in [0.15, 0.2) is 45.8 Å². The molecule has 1 amide bonds. The second-order valence-corrected chi connectivity index (χ2v) is 8.13. The Morgan fingerprint density at radius 1 is 1.17 bits per heavy atom. The van der Waals surface area contributed by atoms with Crippen LogP contribution >= 0.6 is 0 Å². The molecule has 2 aromatic rings. The van der Waals surface area contributed by atoms with Crippen molar-refractivity contribution in [3.63, 3.8) is 0 Å². The molecule has 4 rings (SSSR count). The number of hydrogen-bond acceptors (Lipinski definition) is 5. The summed E-state index contributed by atoms with van der Waals surface area (Å²) >= 11 is 0. The van der Waals surface area contributed by atoms with Gasteiger partial charge in [-0.2, -0.15) is 0 Å². The fourth-order valence-corrected chi connectivity index (χ4v) is 4.37. The number of hydrogen-bond donors (Lipinski definition) is 1. The van der Waals surface area contributed by atoms with Crippen molar-refractivity contribution in [1.29, 1.82) is 0 Å². The zero-order valence-corrected chi connectivity index (χ0v) is 16.9. The molecular formula is C23H28N2O4. The summed E-state index contributed by atoms with van der Waals surface area (Å²) in [6.45, 7) is 2.84. The van der Waals surface area contributed by atoms with Crippen LogP contribution < -0.4 is 15.5 Å². The van der Waals surface area contributed by atoms with Crippen LogP contribution in [0.2, 0.25) is 0 Å². The predicted molar refractivity (Wildman–Crippen MR) is 109 cm³/mol. The molecule has 1 fully saturated rings. The van der Waals surface area contributed by atoms with Crippen LogP contribution in [0.5, 0.6) is 5.75 Å². The van der Waals surface area contributed by atoms with Gasteiger partial charge >= 0.3 is 0 Å². The van der Waals surface area contributed by atoms with Gasteiger partial charge in [0.05, 0.1) is 13.2 Å². The molecule has 1 N–H and O–H groups in total. The molecule has 0 radical (unpaired) electrons. The summed E-state index contributed by atoms with van der Waals surface area (Å²) in [7, 11) is 1.68. The van der Waals surface area contributed by atoms with Crippen molar-refractivity contribution in [2.75, 3.05) is 13.7 Å². The Bertz CT molecular complexity index is 890. The average molecular weight is 396 g/mol. The minimum atomic E-state index is -0.137. The quantitative estimate of drug-likeness (QED) is 0.812. The summed E-state index contributed by atoms with van der Waals surface area (Å²) in [5, 5.41) is 2.72. The minimum absolute atomic E-state index is 0.109. The highest BCUT2D eigenvalue weighted by molar-refractivity contribution is 5.78. The van der Waals surface area contributed by atoms with E-state index in [9.17, 15) is 9.59 Å². The third kappa shape index (κ3) is 4.70.